The highest BCUT2D eigenvalue weighted by molar-refractivity contribution is 6.75. The molecule has 4 nitrogen and oxygen atoms in total. The Hall–Kier alpha value is -5.29. The molecule has 0 saturated heterocycles. The normalized spacial score (nSPS) is 14.0. The van der Waals surface area contributed by atoms with E-state index >= 15 is 0 Å². The van der Waals surface area contributed by atoms with Crippen molar-refractivity contribution in [1.29, 1.82) is 0 Å². The molecule has 0 aliphatic carbocycles. The van der Waals surface area contributed by atoms with Gasteiger partial charge in [-0.25, -0.2) is 0 Å². The van der Waals surface area contributed by atoms with Gasteiger partial charge >= 0.3 is 6.69 Å². The number of para-hydroxylation sites is 2. The molecule has 7 aromatic rings. The molecule has 0 spiro atoms. The van der Waals surface area contributed by atoms with E-state index in [1.54, 1.807) is 0 Å². The van der Waals surface area contributed by atoms with E-state index in [-0.39, 0.29) is 0 Å². The summed E-state index contributed by atoms with van der Waals surface area (Å²) in [7, 11) is 0. The van der Waals surface area contributed by atoms with Gasteiger partial charge in [-0.05, 0) is 73.9 Å². The first kappa shape index (κ1) is 23.4. The number of rotatable bonds is 2. The van der Waals surface area contributed by atoms with Crippen molar-refractivity contribution >= 4 is 34.0 Å². The van der Waals surface area contributed by atoms with Crippen molar-refractivity contribution in [2.75, 3.05) is 0 Å². The van der Waals surface area contributed by atoms with Gasteiger partial charge < -0.3 is 18.4 Å². The average molecular weight is 542 g/mol. The molecular formula is C37H27BN2O2. The monoisotopic (exact) mass is 542 g/mol. The van der Waals surface area contributed by atoms with Crippen LogP contribution in [0.1, 0.15) is 11.1 Å². The molecule has 0 atom stereocenters. The highest BCUT2D eigenvalue weighted by Gasteiger charge is 2.56. The Morgan fingerprint density at radius 2 is 1.07 bits per heavy atom. The van der Waals surface area contributed by atoms with Gasteiger partial charge in [-0.2, -0.15) is 0 Å². The molecule has 0 radical (unpaired) electrons. The van der Waals surface area contributed by atoms with Crippen LogP contribution in [0.2, 0.25) is 0 Å². The summed E-state index contributed by atoms with van der Waals surface area (Å²) in [6.45, 7) is 2.12. The van der Waals surface area contributed by atoms with Crippen LogP contribution in [0.15, 0.2) is 127 Å². The van der Waals surface area contributed by atoms with Gasteiger partial charge in [0.1, 0.15) is 0 Å². The molecule has 9 rings (SSSR count). The van der Waals surface area contributed by atoms with Crippen LogP contribution in [0, 0.1) is 13.8 Å². The first-order valence-electron chi connectivity index (χ1n) is 14.5. The molecule has 0 saturated carbocycles. The Labute approximate surface area is 244 Å². The Kier molecular flexibility index (Phi) is 4.67. The van der Waals surface area contributed by atoms with E-state index in [4.69, 9.17) is 9.31 Å². The van der Waals surface area contributed by atoms with Crippen molar-refractivity contribution < 1.29 is 13.8 Å². The van der Waals surface area contributed by atoms with Gasteiger partial charge in [-0.15, -0.1) is 0 Å². The number of benzene rings is 5. The summed E-state index contributed by atoms with van der Waals surface area (Å²) in [6.07, 6.45) is 0. The number of aryl methyl sites for hydroxylation is 2. The molecule has 2 aromatic heterocycles. The fraction of sp³-hybridized carbons (Fsp3) is 0.0541. The first-order valence-corrected chi connectivity index (χ1v) is 14.5. The second kappa shape index (κ2) is 8.37. The zero-order valence-corrected chi connectivity index (χ0v) is 23.4. The van der Waals surface area contributed by atoms with Crippen LogP contribution in [0.5, 0.6) is 11.5 Å². The van der Waals surface area contributed by atoms with E-state index in [0.29, 0.717) is 0 Å². The van der Waals surface area contributed by atoms with E-state index in [9.17, 15) is 0 Å². The Balaban J connectivity index is 1.28. The SMILES string of the molecule is Cc1ccc2c(c1)-c1cccc3[n+]1[B-](c1ccc(-n4c5ccccc5c5ccccc54)cc1)(O2)Oc1ccc(C)cc1-3. The maximum absolute atomic E-state index is 7.02. The van der Waals surface area contributed by atoms with Gasteiger partial charge in [-0.1, -0.05) is 71.8 Å². The molecule has 2 aliphatic heterocycles. The average Bonchev–Trinajstić information content (AvgIpc) is 3.36. The lowest BCUT2D eigenvalue weighted by molar-refractivity contribution is -0.548. The standard InChI is InChI=1S/C37H27BN2O2/c1-24-14-20-36-30(22-24)34-12-7-13-35-31-23-25(2)15-21-37(31)42-38(41-36,40(34)35)26-16-18-27(19-17-26)39-32-10-5-3-8-28(32)29-9-4-6-11-33(29)39/h3-23H,1-2H3. The number of pyridine rings is 1. The lowest BCUT2D eigenvalue weighted by atomic mass is 9.59. The fourth-order valence-corrected chi connectivity index (χ4v) is 7.05. The number of nitrogens with zero attached hydrogens (tertiary/aromatic N) is 2. The molecule has 5 heteroatoms. The summed E-state index contributed by atoms with van der Waals surface area (Å²) >= 11 is 0. The van der Waals surface area contributed by atoms with Crippen LogP contribution >= 0.6 is 0 Å². The molecule has 0 bridgehead atoms. The number of fused-ring (bicyclic) bond motifs is 7. The quantitative estimate of drug-likeness (QED) is 0.212. The molecular weight excluding hydrogens is 515 g/mol. The van der Waals surface area contributed by atoms with Crippen LogP contribution in [0.25, 0.3) is 50.0 Å². The van der Waals surface area contributed by atoms with Gasteiger partial charge in [0.05, 0.1) is 33.7 Å². The predicted octanol–water partition coefficient (Wildman–Crippen LogP) is 7.50. The van der Waals surface area contributed by atoms with Crippen molar-refractivity contribution in [3.8, 4) is 39.7 Å². The minimum atomic E-state index is -2.12. The van der Waals surface area contributed by atoms with Crippen molar-refractivity contribution in [2.45, 2.75) is 13.8 Å². The maximum Gasteiger partial charge on any atom is 0.685 e. The molecule has 0 amide bonds. The minimum absolute atomic E-state index is 0.833. The van der Waals surface area contributed by atoms with Gasteiger partial charge in [-0.3, -0.25) is 0 Å². The van der Waals surface area contributed by atoms with Crippen LogP contribution < -0.4 is 19.2 Å². The Bertz CT molecular complexity index is 2110. The Morgan fingerprint density at radius 1 is 0.548 bits per heavy atom. The van der Waals surface area contributed by atoms with E-state index in [1.807, 2.05) is 0 Å². The van der Waals surface area contributed by atoms with Gasteiger partial charge in [0.15, 0.2) is 11.4 Å². The zero-order chi connectivity index (χ0) is 28.0. The molecule has 42 heavy (non-hydrogen) atoms. The third-order valence-electron chi connectivity index (χ3n) is 8.92. The number of aromatic nitrogens is 2. The van der Waals surface area contributed by atoms with Crippen LogP contribution in [0.3, 0.4) is 0 Å². The predicted molar refractivity (Wildman–Crippen MR) is 170 cm³/mol. The van der Waals surface area contributed by atoms with E-state index < -0.39 is 6.69 Å². The topological polar surface area (TPSA) is 27.3 Å². The van der Waals surface area contributed by atoms with Crippen molar-refractivity contribution in [3.05, 3.63) is 139 Å². The minimum Gasteiger partial charge on any atom is -0.618 e. The third kappa shape index (κ3) is 3.11. The molecule has 5 aromatic carbocycles. The second-order valence-corrected chi connectivity index (χ2v) is 11.5. The van der Waals surface area contributed by atoms with E-state index in [0.717, 1.165) is 45.2 Å². The van der Waals surface area contributed by atoms with Crippen molar-refractivity contribution in [2.24, 2.45) is 0 Å². The number of hydrogen-bond acceptors (Lipinski definition) is 2. The second-order valence-electron chi connectivity index (χ2n) is 11.5. The lowest BCUT2D eigenvalue weighted by Gasteiger charge is -2.45. The molecule has 0 unspecified atom stereocenters. The van der Waals surface area contributed by atoms with Crippen LogP contribution in [0.4, 0.5) is 0 Å². The van der Waals surface area contributed by atoms with Crippen molar-refractivity contribution in [3.63, 3.8) is 0 Å². The highest BCUT2D eigenvalue weighted by atomic mass is 16.6. The van der Waals surface area contributed by atoms with E-state index in [1.165, 1.54) is 32.9 Å². The first-order chi connectivity index (χ1) is 20.6. The largest absolute Gasteiger partial charge is 0.685 e. The third-order valence-corrected chi connectivity index (χ3v) is 8.92. The van der Waals surface area contributed by atoms with Crippen LogP contribution in [-0.4, -0.2) is 11.3 Å². The molecule has 0 N–H and O–H groups in total. The zero-order valence-electron chi connectivity index (χ0n) is 23.4. The molecule has 0 fully saturated rings. The molecule has 200 valence electrons. The lowest BCUT2D eigenvalue weighted by Crippen LogP contribution is -2.83. The summed E-state index contributed by atoms with van der Waals surface area (Å²) in [5.41, 5.74) is 11.2. The van der Waals surface area contributed by atoms with Crippen LogP contribution in [-0.2, 0) is 0 Å². The smallest absolute Gasteiger partial charge is 0.618 e. The summed E-state index contributed by atoms with van der Waals surface area (Å²) in [5.74, 6) is 1.67. The van der Waals surface area contributed by atoms with Gasteiger partial charge in [0.2, 0.25) is 0 Å². The number of hydrogen-bond donors (Lipinski definition) is 0. The molecule has 4 heterocycles. The van der Waals surface area contributed by atoms with E-state index in [2.05, 4.69) is 150 Å². The molecule has 2 aliphatic rings. The summed E-state index contributed by atoms with van der Waals surface area (Å²) in [6, 6.07) is 45.2. The maximum atomic E-state index is 7.02. The van der Waals surface area contributed by atoms with Crippen molar-refractivity contribution in [1.82, 2.24) is 4.57 Å². The highest BCUT2D eigenvalue weighted by Crippen LogP contribution is 2.42. The summed E-state index contributed by atoms with van der Waals surface area (Å²) < 4.78 is 18.7. The Morgan fingerprint density at radius 3 is 1.62 bits per heavy atom. The summed E-state index contributed by atoms with van der Waals surface area (Å²) in [5, 5.41) is 2.50. The summed E-state index contributed by atoms with van der Waals surface area (Å²) in [4.78, 5) is 0. The van der Waals surface area contributed by atoms with Gasteiger partial charge in [0.25, 0.3) is 0 Å². The fourth-order valence-electron chi connectivity index (χ4n) is 7.05. The van der Waals surface area contributed by atoms with Gasteiger partial charge in [0, 0.05) is 28.6 Å².